The molecule has 2 amide bonds. The molecule has 5 heteroatoms. The lowest BCUT2D eigenvalue weighted by Gasteiger charge is -2.32. The summed E-state index contributed by atoms with van der Waals surface area (Å²) in [5.41, 5.74) is -0.838. The first-order valence-electron chi connectivity index (χ1n) is 8.42. The van der Waals surface area contributed by atoms with E-state index in [1.807, 2.05) is 6.08 Å². The molecule has 0 aromatic heterocycles. The topological polar surface area (TPSA) is 64.6 Å². The Hall–Kier alpha value is -1.07. The van der Waals surface area contributed by atoms with Crippen LogP contribution in [0.15, 0.2) is 12.7 Å². The van der Waals surface area contributed by atoms with Gasteiger partial charge in [0.15, 0.2) is 0 Å². The highest BCUT2D eigenvalue weighted by molar-refractivity contribution is 5.74. The van der Waals surface area contributed by atoms with Gasteiger partial charge in [-0.1, -0.05) is 19.9 Å². The number of nitrogens with one attached hydrogen (secondary N) is 2. The van der Waals surface area contributed by atoms with Crippen molar-refractivity contribution in [2.24, 2.45) is 5.92 Å². The zero-order valence-electron chi connectivity index (χ0n) is 14.4. The molecule has 0 bridgehead atoms. The summed E-state index contributed by atoms with van der Waals surface area (Å²) in [7, 11) is 0. The molecule has 0 aliphatic carbocycles. The summed E-state index contributed by atoms with van der Waals surface area (Å²) in [6.07, 6.45) is 5.50. The van der Waals surface area contributed by atoms with Crippen LogP contribution in [0.25, 0.3) is 0 Å². The number of nitrogens with zero attached hydrogens (tertiary/aromatic N) is 1. The highest BCUT2D eigenvalue weighted by Gasteiger charge is 2.23. The number of carbonyl (C=O) groups excluding carboxylic acids is 1. The fraction of sp³-hybridized carbons (Fsp3) is 0.824. The van der Waals surface area contributed by atoms with Crippen LogP contribution in [0.4, 0.5) is 4.79 Å². The first-order valence-corrected chi connectivity index (χ1v) is 8.42. The number of likely N-dealkylation sites (tertiary alicyclic amines) is 1. The van der Waals surface area contributed by atoms with Crippen molar-refractivity contribution < 1.29 is 9.90 Å². The molecule has 1 rings (SSSR count). The molecule has 1 heterocycles. The third kappa shape index (κ3) is 7.80. The van der Waals surface area contributed by atoms with E-state index in [1.54, 1.807) is 6.92 Å². The largest absolute Gasteiger partial charge is 0.388 e. The standard InChI is InChI=1S/C17H33N3O2/c1-5-10-20-11-7-15(8-12-20)19-16(21)18-13-17(4,22)9-6-14(2)3/h5,14-15,22H,1,6-13H2,2-4H3,(H2,18,19,21). The van der Waals surface area contributed by atoms with Gasteiger partial charge in [0, 0.05) is 32.2 Å². The van der Waals surface area contributed by atoms with Crippen LogP contribution < -0.4 is 10.6 Å². The van der Waals surface area contributed by atoms with Crippen molar-refractivity contribution in [2.75, 3.05) is 26.2 Å². The molecule has 0 aromatic rings. The summed E-state index contributed by atoms with van der Waals surface area (Å²) in [5, 5.41) is 16.1. The van der Waals surface area contributed by atoms with Crippen LogP contribution in [0, 0.1) is 5.92 Å². The lowest BCUT2D eigenvalue weighted by Crippen LogP contribution is -2.50. The normalized spacial score (nSPS) is 19.7. The van der Waals surface area contributed by atoms with Crippen molar-refractivity contribution in [3.63, 3.8) is 0 Å². The van der Waals surface area contributed by atoms with Crippen molar-refractivity contribution in [1.82, 2.24) is 15.5 Å². The smallest absolute Gasteiger partial charge is 0.315 e. The van der Waals surface area contributed by atoms with Gasteiger partial charge in [-0.3, -0.25) is 4.90 Å². The summed E-state index contributed by atoms with van der Waals surface area (Å²) in [6, 6.07) is 0.0497. The molecule has 3 N–H and O–H groups in total. The maximum absolute atomic E-state index is 11.9. The maximum atomic E-state index is 11.9. The van der Waals surface area contributed by atoms with E-state index in [2.05, 4.69) is 36.0 Å². The number of hydrogen-bond donors (Lipinski definition) is 3. The Morgan fingerprint density at radius 3 is 2.64 bits per heavy atom. The van der Waals surface area contributed by atoms with Crippen molar-refractivity contribution >= 4 is 6.03 Å². The summed E-state index contributed by atoms with van der Waals surface area (Å²) in [5.74, 6) is 0.557. The van der Waals surface area contributed by atoms with Crippen LogP contribution in [-0.4, -0.2) is 53.9 Å². The molecule has 0 radical (unpaired) electrons. The number of carbonyl (C=O) groups is 1. The number of aliphatic hydroxyl groups is 1. The number of amides is 2. The Morgan fingerprint density at radius 1 is 1.45 bits per heavy atom. The first-order chi connectivity index (χ1) is 10.3. The van der Waals surface area contributed by atoms with Crippen LogP contribution >= 0.6 is 0 Å². The summed E-state index contributed by atoms with van der Waals surface area (Å²) >= 11 is 0. The van der Waals surface area contributed by atoms with E-state index in [-0.39, 0.29) is 12.1 Å². The van der Waals surface area contributed by atoms with E-state index < -0.39 is 5.60 Å². The number of piperidine rings is 1. The molecular weight excluding hydrogens is 278 g/mol. The number of urea groups is 1. The highest BCUT2D eigenvalue weighted by atomic mass is 16.3. The molecule has 1 atom stereocenters. The minimum Gasteiger partial charge on any atom is -0.388 e. The fourth-order valence-electron chi connectivity index (χ4n) is 2.64. The van der Waals surface area contributed by atoms with Gasteiger partial charge in [-0.25, -0.2) is 4.79 Å². The van der Waals surface area contributed by atoms with E-state index in [0.717, 1.165) is 38.9 Å². The summed E-state index contributed by atoms with van der Waals surface area (Å²) in [4.78, 5) is 14.3. The molecule has 1 saturated heterocycles. The molecular formula is C17H33N3O2. The fourth-order valence-corrected chi connectivity index (χ4v) is 2.64. The van der Waals surface area contributed by atoms with E-state index in [4.69, 9.17) is 0 Å². The molecule has 5 nitrogen and oxygen atoms in total. The molecule has 1 aliphatic heterocycles. The summed E-state index contributed by atoms with van der Waals surface area (Å²) in [6.45, 7) is 13.0. The molecule has 1 unspecified atom stereocenters. The second-order valence-corrected chi connectivity index (χ2v) is 7.12. The van der Waals surface area contributed by atoms with Gasteiger partial charge in [-0.2, -0.15) is 0 Å². The Kier molecular flexibility index (Phi) is 7.90. The Morgan fingerprint density at radius 2 is 2.09 bits per heavy atom. The Bertz CT molecular complexity index is 348. The zero-order chi connectivity index (χ0) is 16.6. The van der Waals surface area contributed by atoms with E-state index >= 15 is 0 Å². The predicted molar refractivity (Wildman–Crippen MR) is 90.9 cm³/mol. The Labute approximate surface area is 135 Å². The number of rotatable bonds is 8. The van der Waals surface area contributed by atoms with Gasteiger partial charge in [0.2, 0.25) is 0 Å². The van der Waals surface area contributed by atoms with Gasteiger partial charge in [-0.05, 0) is 38.5 Å². The van der Waals surface area contributed by atoms with Crippen LogP contribution in [-0.2, 0) is 0 Å². The molecule has 1 aliphatic rings. The molecule has 0 saturated carbocycles. The second kappa shape index (κ2) is 9.16. The lowest BCUT2D eigenvalue weighted by atomic mass is 9.95. The van der Waals surface area contributed by atoms with Gasteiger partial charge < -0.3 is 15.7 Å². The van der Waals surface area contributed by atoms with Crippen LogP contribution in [0.2, 0.25) is 0 Å². The molecule has 22 heavy (non-hydrogen) atoms. The van der Waals surface area contributed by atoms with Gasteiger partial charge in [0.25, 0.3) is 0 Å². The number of hydrogen-bond acceptors (Lipinski definition) is 3. The SMILES string of the molecule is C=CCN1CCC(NC(=O)NCC(C)(O)CCC(C)C)CC1. The minimum absolute atomic E-state index is 0.174. The van der Waals surface area contributed by atoms with Gasteiger partial charge >= 0.3 is 6.03 Å². The maximum Gasteiger partial charge on any atom is 0.315 e. The van der Waals surface area contributed by atoms with Crippen LogP contribution in [0.3, 0.4) is 0 Å². The molecule has 0 aromatic carbocycles. The predicted octanol–water partition coefficient (Wildman–Crippen LogP) is 2.12. The van der Waals surface area contributed by atoms with Gasteiger partial charge in [0.05, 0.1) is 5.60 Å². The van der Waals surface area contributed by atoms with E-state index in [1.165, 1.54) is 0 Å². The average molecular weight is 311 g/mol. The monoisotopic (exact) mass is 311 g/mol. The lowest BCUT2D eigenvalue weighted by molar-refractivity contribution is 0.0474. The third-order valence-electron chi connectivity index (χ3n) is 4.20. The van der Waals surface area contributed by atoms with Crippen molar-refractivity contribution in [3.8, 4) is 0 Å². The Balaban J connectivity index is 2.22. The van der Waals surface area contributed by atoms with Crippen molar-refractivity contribution in [1.29, 1.82) is 0 Å². The third-order valence-corrected chi connectivity index (χ3v) is 4.20. The zero-order valence-corrected chi connectivity index (χ0v) is 14.4. The van der Waals surface area contributed by atoms with Gasteiger partial charge in [0.1, 0.15) is 0 Å². The average Bonchev–Trinajstić information content (AvgIpc) is 2.46. The summed E-state index contributed by atoms with van der Waals surface area (Å²) < 4.78 is 0. The van der Waals surface area contributed by atoms with Crippen molar-refractivity contribution in [2.45, 2.75) is 58.1 Å². The second-order valence-electron chi connectivity index (χ2n) is 7.12. The molecule has 0 spiro atoms. The van der Waals surface area contributed by atoms with Crippen molar-refractivity contribution in [3.05, 3.63) is 12.7 Å². The quantitative estimate of drug-likeness (QED) is 0.602. The minimum atomic E-state index is -0.838. The first kappa shape index (κ1) is 19.0. The van der Waals surface area contributed by atoms with Crippen LogP contribution in [0.5, 0.6) is 0 Å². The van der Waals surface area contributed by atoms with E-state index in [9.17, 15) is 9.90 Å². The van der Waals surface area contributed by atoms with E-state index in [0.29, 0.717) is 18.9 Å². The molecule has 128 valence electrons. The van der Waals surface area contributed by atoms with Crippen LogP contribution in [0.1, 0.15) is 46.5 Å². The van der Waals surface area contributed by atoms with Gasteiger partial charge in [-0.15, -0.1) is 6.58 Å². The molecule has 1 fully saturated rings. The highest BCUT2D eigenvalue weighted by Crippen LogP contribution is 2.15.